The van der Waals surface area contributed by atoms with Crippen LogP contribution in [0.3, 0.4) is 0 Å². The van der Waals surface area contributed by atoms with Gasteiger partial charge in [0.1, 0.15) is 0 Å². The summed E-state index contributed by atoms with van der Waals surface area (Å²) >= 11 is 0. The molecule has 1 saturated carbocycles. The summed E-state index contributed by atoms with van der Waals surface area (Å²) < 4.78 is 10.9. The summed E-state index contributed by atoms with van der Waals surface area (Å²) in [6.45, 7) is 8.71. The van der Waals surface area contributed by atoms with Crippen LogP contribution < -0.4 is 5.32 Å². The Hall–Kier alpha value is -0.120. The zero-order chi connectivity index (χ0) is 10.4. The highest BCUT2D eigenvalue weighted by Crippen LogP contribution is 2.34. The van der Waals surface area contributed by atoms with Crippen molar-refractivity contribution in [3.63, 3.8) is 0 Å². The van der Waals surface area contributed by atoms with E-state index >= 15 is 0 Å². The molecule has 3 heteroatoms. The summed E-state index contributed by atoms with van der Waals surface area (Å²) in [5.41, 5.74) is 0.420. The van der Waals surface area contributed by atoms with Crippen LogP contribution in [0.15, 0.2) is 0 Å². The number of hydrogen-bond donors (Lipinski definition) is 1. The van der Waals surface area contributed by atoms with E-state index in [2.05, 4.69) is 12.2 Å². The van der Waals surface area contributed by atoms with Crippen LogP contribution in [-0.4, -0.2) is 31.6 Å². The van der Waals surface area contributed by atoms with Gasteiger partial charge in [-0.05, 0) is 33.6 Å². The molecular weight excluding hydrogens is 178 g/mol. The maximum atomic E-state index is 5.46. The van der Waals surface area contributed by atoms with Crippen LogP contribution >= 0.6 is 0 Å². The van der Waals surface area contributed by atoms with E-state index in [9.17, 15) is 0 Å². The molecule has 1 fully saturated rings. The summed E-state index contributed by atoms with van der Waals surface area (Å²) in [6.07, 6.45) is 3.53. The Morgan fingerprint density at radius 3 is 2.21 bits per heavy atom. The van der Waals surface area contributed by atoms with Crippen LogP contribution in [0.1, 0.15) is 40.0 Å². The smallest absolute Gasteiger partial charge is 0.158 e. The van der Waals surface area contributed by atoms with E-state index in [1.165, 1.54) is 12.8 Å². The average Bonchev–Trinajstić information content (AvgIpc) is 2.85. The fraction of sp³-hybridized carbons (Fsp3) is 1.00. The van der Waals surface area contributed by atoms with E-state index in [0.717, 1.165) is 26.2 Å². The van der Waals surface area contributed by atoms with Gasteiger partial charge >= 0.3 is 0 Å². The first-order chi connectivity index (χ1) is 6.70. The molecule has 0 spiro atoms. The topological polar surface area (TPSA) is 30.5 Å². The SMILES string of the molecule is CCOC(CCNC1(C)CC1)OCC. The Bertz CT molecular complexity index is 151. The van der Waals surface area contributed by atoms with Crippen LogP contribution in [0.2, 0.25) is 0 Å². The van der Waals surface area contributed by atoms with Gasteiger partial charge in [0.2, 0.25) is 0 Å². The molecule has 14 heavy (non-hydrogen) atoms. The summed E-state index contributed by atoms with van der Waals surface area (Å²) in [4.78, 5) is 0. The molecule has 0 aromatic carbocycles. The lowest BCUT2D eigenvalue weighted by Gasteiger charge is -2.18. The van der Waals surface area contributed by atoms with Gasteiger partial charge in [0.05, 0.1) is 0 Å². The predicted molar refractivity (Wildman–Crippen MR) is 57.3 cm³/mol. The minimum atomic E-state index is -0.0279. The molecule has 1 N–H and O–H groups in total. The Balaban J connectivity index is 2.05. The van der Waals surface area contributed by atoms with E-state index in [0.29, 0.717) is 5.54 Å². The van der Waals surface area contributed by atoms with Gasteiger partial charge in [0.15, 0.2) is 6.29 Å². The van der Waals surface area contributed by atoms with Crippen LogP contribution in [0.25, 0.3) is 0 Å². The predicted octanol–water partition coefficient (Wildman–Crippen LogP) is 1.92. The molecule has 1 rings (SSSR count). The fourth-order valence-corrected chi connectivity index (χ4v) is 1.44. The second kappa shape index (κ2) is 5.69. The Kier molecular flexibility index (Phi) is 4.85. The summed E-state index contributed by atoms with van der Waals surface area (Å²) in [7, 11) is 0. The molecule has 0 radical (unpaired) electrons. The molecule has 0 aromatic rings. The molecule has 0 heterocycles. The summed E-state index contributed by atoms with van der Waals surface area (Å²) in [5.74, 6) is 0. The molecule has 3 nitrogen and oxygen atoms in total. The third-order valence-electron chi connectivity index (χ3n) is 2.64. The van der Waals surface area contributed by atoms with Crippen molar-refractivity contribution in [3.05, 3.63) is 0 Å². The Morgan fingerprint density at radius 1 is 1.21 bits per heavy atom. The molecular formula is C11H23NO2. The van der Waals surface area contributed by atoms with E-state index in [-0.39, 0.29) is 6.29 Å². The molecule has 0 atom stereocenters. The molecule has 0 aromatic heterocycles. The molecule has 84 valence electrons. The quantitative estimate of drug-likeness (QED) is 0.609. The maximum Gasteiger partial charge on any atom is 0.158 e. The van der Waals surface area contributed by atoms with Gasteiger partial charge in [0.25, 0.3) is 0 Å². The average molecular weight is 201 g/mol. The van der Waals surface area contributed by atoms with Crippen molar-refractivity contribution in [3.8, 4) is 0 Å². The first-order valence-electron chi connectivity index (χ1n) is 5.68. The van der Waals surface area contributed by atoms with Crippen molar-refractivity contribution < 1.29 is 9.47 Å². The van der Waals surface area contributed by atoms with Crippen LogP contribution in [-0.2, 0) is 9.47 Å². The van der Waals surface area contributed by atoms with E-state index in [4.69, 9.17) is 9.47 Å². The second-order valence-electron chi connectivity index (χ2n) is 4.12. The van der Waals surface area contributed by atoms with Crippen LogP contribution in [0.4, 0.5) is 0 Å². The highest BCUT2D eigenvalue weighted by Gasteiger charge is 2.36. The van der Waals surface area contributed by atoms with Crippen molar-refractivity contribution in [1.29, 1.82) is 0 Å². The van der Waals surface area contributed by atoms with E-state index in [1.54, 1.807) is 0 Å². The minimum Gasteiger partial charge on any atom is -0.353 e. The van der Waals surface area contributed by atoms with Crippen LogP contribution in [0.5, 0.6) is 0 Å². The standard InChI is InChI=1S/C11H23NO2/c1-4-13-10(14-5-2)6-9-12-11(3)7-8-11/h10,12H,4-9H2,1-3H3. The second-order valence-corrected chi connectivity index (χ2v) is 4.12. The lowest BCUT2D eigenvalue weighted by atomic mass is 10.3. The largest absolute Gasteiger partial charge is 0.353 e. The summed E-state index contributed by atoms with van der Waals surface area (Å²) in [5, 5.41) is 3.52. The number of ether oxygens (including phenoxy) is 2. The highest BCUT2D eigenvalue weighted by atomic mass is 16.7. The lowest BCUT2D eigenvalue weighted by molar-refractivity contribution is -0.138. The zero-order valence-corrected chi connectivity index (χ0v) is 9.64. The number of hydrogen-bond acceptors (Lipinski definition) is 3. The third kappa shape index (κ3) is 4.40. The molecule has 1 aliphatic rings. The highest BCUT2D eigenvalue weighted by molar-refractivity contribution is 4.97. The molecule has 0 amide bonds. The van der Waals surface area contributed by atoms with Crippen molar-refractivity contribution in [2.75, 3.05) is 19.8 Å². The van der Waals surface area contributed by atoms with Gasteiger partial charge in [-0.3, -0.25) is 0 Å². The van der Waals surface area contributed by atoms with Crippen molar-refractivity contribution >= 4 is 0 Å². The van der Waals surface area contributed by atoms with Gasteiger partial charge < -0.3 is 14.8 Å². The summed E-state index contributed by atoms with van der Waals surface area (Å²) in [6, 6.07) is 0. The lowest BCUT2D eigenvalue weighted by Crippen LogP contribution is -2.32. The third-order valence-corrected chi connectivity index (χ3v) is 2.64. The molecule has 0 aliphatic heterocycles. The van der Waals surface area contributed by atoms with Crippen LogP contribution in [0, 0.1) is 0 Å². The Labute approximate surface area is 87.2 Å². The minimum absolute atomic E-state index is 0.0279. The van der Waals surface area contributed by atoms with Crippen molar-refractivity contribution in [2.24, 2.45) is 0 Å². The molecule has 0 unspecified atom stereocenters. The van der Waals surface area contributed by atoms with Gasteiger partial charge in [-0.25, -0.2) is 0 Å². The van der Waals surface area contributed by atoms with Gasteiger partial charge in [-0.2, -0.15) is 0 Å². The normalized spacial score (nSPS) is 18.9. The molecule has 0 saturated heterocycles. The maximum absolute atomic E-state index is 5.46. The van der Waals surface area contributed by atoms with Crippen molar-refractivity contribution in [2.45, 2.75) is 51.9 Å². The van der Waals surface area contributed by atoms with E-state index in [1.807, 2.05) is 13.8 Å². The number of nitrogens with one attached hydrogen (secondary N) is 1. The molecule has 0 bridgehead atoms. The fourth-order valence-electron chi connectivity index (χ4n) is 1.44. The number of rotatable bonds is 8. The Morgan fingerprint density at radius 2 is 1.79 bits per heavy atom. The zero-order valence-electron chi connectivity index (χ0n) is 9.64. The van der Waals surface area contributed by atoms with Gasteiger partial charge in [0, 0.05) is 31.7 Å². The first-order valence-corrected chi connectivity index (χ1v) is 5.68. The van der Waals surface area contributed by atoms with Gasteiger partial charge in [-0.1, -0.05) is 0 Å². The first kappa shape index (κ1) is 12.0. The van der Waals surface area contributed by atoms with Crippen molar-refractivity contribution in [1.82, 2.24) is 5.32 Å². The van der Waals surface area contributed by atoms with E-state index < -0.39 is 0 Å². The molecule has 1 aliphatic carbocycles. The van der Waals surface area contributed by atoms with Gasteiger partial charge in [-0.15, -0.1) is 0 Å². The monoisotopic (exact) mass is 201 g/mol.